The first-order chi connectivity index (χ1) is 12.7. The minimum atomic E-state index is -0.182. The molecule has 2 heterocycles. The predicted molar refractivity (Wildman–Crippen MR) is 99.1 cm³/mol. The summed E-state index contributed by atoms with van der Waals surface area (Å²) in [7, 11) is 0. The van der Waals surface area contributed by atoms with Gasteiger partial charge in [-0.25, -0.2) is 4.98 Å². The van der Waals surface area contributed by atoms with Crippen LogP contribution >= 0.6 is 11.6 Å². The number of fused-ring (bicyclic) bond motifs is 1. The Bertz CT molecular complexity index is 806. The largest absolute Gasteiger partial charge is 0.489 e. The quantitative estimate of drug-likeness (QED) is 0.840. The van der Waals surface area contributed by atoms with E-state index in [4.69, 9.17) is 21.1 Å². The second-order valence-corrected chi connectivity index (χ2v) is 6.90. The van der Waals surface area contributed by atoms with Crippen molar-refractivity contribution in [1.29, 1.82) is 0 Å². The van der Waals surface area contributed by atoms with Gasteiger partial charge in [-0.2, -0.15) is 0 Å². The van der Waals surface area contributed by atoms with Crippen LogP contribution in [0.15, 0.2) is 30.5 Å². The number of benzene rings is 1. The number of ether oxygens (including phenoxy) is 2. The summed E-state index contributed by atoms with van der Waals surface area (Å²) in [6, 6.07) is 7.78. The summed E-state index contributed by atoms with van der Waals surface area (Å²) < 4.78 is 11.3. The fourth-order valence-corrected chi connectivity index (χ4v) is 3.01. The van der Waals surface area contributed by atoms with Crippen molar-refractivity contribution in [2.24, 2.45) is 0 Å². The second kappa shape index (κ2) is 7.41. The van der Waals surface area contributed by atoms with E-state index >= 15 is 0 Å². The molecule has 0 saturated heterocycles. The fourth-order valence-electron chi connectivity index (χ4n) is 2.72. The van der Waals surface area contributed by atoms with Crippen LogP contribution in [0.5, 0.6) is 11.5 Å². The van der Waals surface area contributed by atoms with Gasteiger partial charge >= 0.3 is 0 Å². The van der Waals surface area contributed by atoms with Crippen molar-refractivity contribution < 1.29 is 14.3 Å². The Morgan fingerprint density at radius 3 is 2.85 bits per heavy atom. The maximum absolute atomic E-state index is 12.3. The zero-order chi connectivity index (χ0) is 17.9. The van der Waals surface area contributed by atoms with Crippen LogP contribution < -0.4 is 20.1 Å². The van der Waals surface area contributed by atoms with Crippen molar-refractivity contribution in [1.82, 2.24) is 10.3 Å². The van der Waals surface area contributed by atoms with Gasteiger partial charge in [0.15, 0.2) is 11.5 Å². The number of nitrogens with one attached hydrogen (secondary N) is 2. The summed E-state index contributed by atoms with van der Waals surface area (Å²) in [5.41, 5.74) is 1.37. The maximum Gasteiger partial charge on any atom is 0.253 e. The van der Waals surface area contributed by atoms with Crippen molar-refractivity contribution in [2.45, 2.75) is 31.8 Å². The molecule has 0 unspecified atom stereocenters. The van der Waals surface area contributed by atoms with E-state index in [1.54, 1.807) is 18.3 Å². The summed E-state index contributed by atoms with van der Waals surface area (Å²) in [6.45, 7) is 1.52. The van der Waals surface area contributed by atoms with Crippen LogP contribution in [0.1, 0.15) is 35.2 Å². The highest BCUT2D eigenvalue weighted by Gasteiger charge is 2.21. The highest BCUT2D eigenvalue weighted by atomic mass is 35.5. The van der Waals surface area contributed by atoms with Crippen molar-refractivity contribution in [3.05, 3.63) is 46.6 Å². The summed E-state index contributed by atoms with van der Waals surface area (Å²) in [4.78, 5) is 16.6. The molecular formula is C19H20ClN3O3. The fraction of sp³-hybridized carbons (Fsp3) is 0.368. The Morgan fingerprint density at radius 2 is 2.08 bits per heavy atom. The maximum atomic E-state index is 12.3. The van der Waals surface area contributed by atoms with Gasteiger partial charge in [-0.3, -0.25) is 4.79 Å². The summed E-state index contributed by atoms with van der Waals surface area (Å²) >= 11 is 6.28. The van der Waals surface area contributed by atoms with Gasteiger partial charge in [0.05, 0.1) is 23.8 Å². The van der Waals surface area contributed by atoms with E-state index in [0.29, 0.717) is 47.9 Å². The van der Waals surface area contributed by atoms with Gasteiger partial charge in [-0.1, -0.05) is 11.6 Å². The predicted octanol–water partition coefficient (Wildman–Crippen LogP) is 3.40. The molecule has 1 fully saturated rings. The molecule has 1 aliphatic carbocycles. The lowest BCUT2D eigenvalue weighted by atomic mass is 10.2. The number of carbonyl (C=O) groups excluding carboxylic acids is 1. The molecular weight excluding hydrogens is 354 g/mol. The van der Waals surface area contributed by atoms with E-state index in [0.717, 1.165) is 17.8 Å². The zero-order valence-corrected chi connectivity index (χ0v) is 15.0. The van der Waals surface area contributed by atoms with Crippen LogP contribution in [0.3, 0.4) is 0 Å². The van der Waals surface area contributed by atoms with Crippen LogP contribution in [0.4, 0.5) is 5.82 Å². The molecule has 2 N–H and O–H groups in total. The molecule has 6 nitrogen and oxygen atoms in total. The smallest absolute Gasteiger partial charge is 0.253 e. The first-order valence-electron chi connectivity index (χ1n) is 8.78. The van der Waals surface area contributed by atoms with Gasteiger partial charge in [-0.05, 0) is 42.7 Å². The van der Waals surface area contributed by atoms with E-state index in [9.17, 15) is 4.79 Å². The molecule has 0 spiro atoms. The normalized spacial score (nSPS) is 15.9. The van der Waals surface area contributed by atoms with Gasteiger partial charge < -0.3 is 20.1 Å². The van der Waals surface area contributed by atoms with E-state index < -0.39 is 0 Å². The monoisotopic (exact) mass is 373 g/mol. The van der Waals surface area contributed by atoms with Gasteiger partial charge in [0.25, 0.3) is 5.91 Å². The lowest BCUT2D eigenvalue weighted by molar-refractivity contribution is 0.0950. The Morgan fingerprint density at radius 1 is 1.23 bits per heavy atom. The molecule has 1 aromatic carbocycles. The third-order valence-corrected chi connectivity index (χ3v) is 4.55. The molecule has 1 amide bonds. The number of pyridine rings is 1. The standard InChI is InChI=1S/C19H20ClN3O3/c20-15-8-12(9-16-18(15)26-7-1-6-25-16)10-22-19(24)13-2-5-17(21-11-13)23-14-3-4-14/h2,5,8-9,11,14H,1,3-4,6-7,10H2,(H,21,23)(H,22,24). The van der Waals surface area contributed by atoms with E-state index in [1.807, 2.05) is 12.1 Å². The number of amides is 1. The minimum absolute atomic E-state index is 0.182. The first-order valence-corrected chi connectivity index (χ1v) is 9.15. The van der Waals surface area contributed by atoms with Crippen LogP contribution in [-0.4, -0.2) is 30.1 Å². The molecule has 0 bridgehead atoms. The van der Waals surface area contributed by atoms with E-state index in [2.05, 4.69) is 15.6 Å². The van der Waals surface area contributed by atoms with Gasteiger partial charge in [-0.15, -0.1) is 0 Å². The molecule has 4 rings (SSSR count). The minimum Gasteiger partial charge on any atom is -0.489 e. The number of nitrogens with zero attached hydrogens (tertiary/aromatic N) is 1. The van der Waals surface area contributed by atoms with Crippen molar-refractivity contribution in [2.75, 3.05) is 18.5 Å². The Balaban J connectivity index is 1.39. The summed E-state index contributed by atoms with van der Waals surface area (Å²) in [5.74, 6) is 1.82. The van der Waals surface area contributed by atoms with Gasteiger partial charge in [0, 0.05) is 25.2 Å². The van der Waals surface area contributed by atoms with Crippen LogP contribution in [-0.2, 0) is 6.54 Å². The molecule has 136 valence electrons. The van der Waals surface area contributed by atoms with Crippen molar-refractivity contribution >= 4 is 23.3 Å². The number of hydrogen-bond acceptors (Lipinski definition) is 5. The molecule has 1 aliphatic heterocycles. The average Bonchev–Trinajstić information content (AvgIpc) is 3.47. The van der Waals surface area contributed by atoms with Crippen molar-refractivity contribution in [3.8, 4) is 11.5 Å². The molecule has 26 heavy (non-hydrogen) atoms. The highest BCUT2D eigenvalue weighted by molar-refractivity contribution is 6.32. The molecule has 2 aromatic rings. The second-order valence-electron chi connectivity index (χ2n) is 6.49. The number of rotatable bonds is 5. The van der Waals surface area contributed by atoms with Gasteiger partial charge in [0.2, 0.25) is 0 Å². The van der Waals surface area contributed by atoms with Crippen LogP contribution in [0, 0.1) is 0 Å². The third-order valence-electron chi connectivity index (χ3n) is 4.27. The topological polar surface area (TPSA) is 72.5 Å². The van der Waals surface area contributed by atoms with E-state index in [1.165, 1.54) is 12.8 Å². The summed E-state index contributed by atoms with van der Waals surface area (Å²) in [5, 5.41) is 6.67. The van der Waals surface area contributed by atoms with Crippen LogP contribution in [0.2, 0.25) is 5.02 Å². The highest BCUT2D eigenvalue weighted by Crippen LogP contribution is 2.38. The zero-order valence-electron chi connectivity index (χ0n) is 14.3. The molecule has 2 aliphatic rings. The Kier molecular flexibility index (Phi) is 4.84. The number of halogens is 1. The number of carbonyl (C=O) groups is 1. The molecule has 1 saturated carbocycles. The summed E-state index contributed by atoms with van der Waals surface area (Å²) in [6.07, 6.45) is 4.76. The Hall–Kier alpha value is -2.47. The Labute approximate surface area is 156 Å². The molecule has 7 heteroatoms. The first kappa shape index (κ1) is 17.0. The van der Waals surface area contributed by atoms with Crippen molar-refractivity contribution in [3.63, 3.8) is 0 Å². The molecule has 1 aromatic heterocycles. The molecule has 0 radical (unpaired) electrons. The van der Waals surface area contributed by atoms with Gasteiger partial charge in [0.1, 0.15) is 5.82 Å². The number of anilines is 1. The molecule has 0 atom stereocenters. The van der Waals surface area contributed by atoms with Crippen LogP contribution in [0.25, 0.3) is 0 Å². The average molecular weight is 374 g/mol. The number of aromatic nitrogens is 1. The third kappa shape index (κ3) is 4.02. The number of hydrogen-bond donors (Lipinski definition) is 2. The van der Waals surface area contributed by atoms with E-state index in [-0.39, 0.29) is 5.91 Å². The lowest BCUT2D eigenvalue weighted by Crippen LogP contribution is -2.23. The lowest BCUT2D eigenvalue weighted by Gasteiger charge is -2.12. The SMILES string of the molecule is O=C(NCc1cc(Cl)c2c(c1)OCCCO2)c1ccc(NC2CC2)nc1.